The second-order valence-corrected chi connectivity index (χ2v) is 5.84. The number of anilines is 1. The summed E-state index contributed by atoms with van der Waals surface area (Å²) in [7, 11) is 1.67. The highest BCUT2D eigenvalue weighted by molar-refractivity contribution is 14.1. The van der Waals surface area contributed by atoms with Gasteiger partial charge in [0.25, 0.3) is 0 Å². The molecule has 2 aromatic rings. The molecule has 1 aromatic heterocycles. The van der Waals surface area contributed by atoms with Crippen LogP contribution in [0.25, 0.3) is 0 Å². The van der Waals surface area contributed by atoms with Crippen LogP contribution in [-0.4, -0.2) is 7.11 Å². The first kappa shape index (κ1) is 13.7. The minimum atomic E-state index is 0.641. The minimum absolute atomic E-state index is 0.641. The van der Waals surface area contributed by atoms with Crippen molar-refractivity contribution in [1.29, 1.82) is 0 Å². The number of aryl methyl sites for hydroxylation is 1. The molecule has 1 N–H and O–H groups in total. The van der Waals surface area contributed by atoms with Crippen molar-refractivity contribution in [2.75, 3.05) is 12.4 Å². The predicted octanol–water partition coefficient (Wildman–Crippen LogP) is 4.58. The molecule has 3 nitrogen and oxygen atoms in total. The van der Waals surface area contributed by atoms with Crippen molar-refractivity contribution < 1.29 is 9.15 Å². The average molecular weight is 422 g/mol. The lowest BCUT2D eigenvalue weighted by atomic mass is 10.2. The molecule has 0 aliphatic rings. The van der Waals surface area contributed by atoms with Crippen molar-refractivity contribution in [3.05, 3.63) is 43.8 Å². The van der Waals surface area contributed by atoms with E-state index in [9.17, 15) is 0 Å². The third-order valence-corrected chi connectivity index (χ3v) is 3.59. The summed E-state index contributed by atoms with van der Waals surface area (Å²) in [5, 5.41) is 3.35. The monoisotopic (exact) mass is 421 g/mol. The standard InChI is InChI=1S/C13H13BrINO2/c1-8-5-9(14)6-11(17-2)13(8)16-7-10-3-4-12(15)18-10/h3-6,16H,7H2,1-2H3. The maximum absolute atomic E-state index is 5.52. The highest BCUT2D eigenvalue weighted by Crippen LogP contribution is 2.32. The van der Waals surface area contributed by atoms with Crippen LogP contribution < -0.4 is 10.1 Å². The molecule has 1 heterocycles. The Morgan fingerprint density at radius 2 is 2.17 bits per heavy atom. The van der Waals surface area contributed by atoms with Crippen LogP contribution in [-0.2, 0) is 6.54 Å². The number of ether oxygens (including phenoxy) is 1. The summed E-state index contributed by atoms with van der Waals surface area (Å²) in [4.78, 5) is 0. The van der Waals surface area contributed by atoms with E-state index in [1.165, 1.54) is 0 Å². The van der Waals surface area contributed by atoms with Gasteiger partial charge in [0.1, 0.15) is 11.5 Å². The van der Waals surface area contributed by atoms with E-state index in [1.807, 2.05) is 25.1 Å². The molecule has 1 aromatic carbocycles. The molecular weight excluding hydrogens is 409 g/mol. The molecule has 0 saturated carbocycles. The molecule has 0 spiro atoms. The summed E-state index contributed by atoms with van der Waals surface area (Å²) in [5.41, 5.74) is 2.12. The summed E-state index contributed by atoms with van der Waals surface area (Å²) >= 11 is 5.61. The minimum Gasteiger partial charge on any atom is -0.495 e. The van der Waals surface area contributed by atoms with Gasteiger partial charge < -0.3 is 14.5 Å². The first-order chi connectivity index (χ1) is 8.60. The lowest BCUT2D eigenvalue weighted by Crippen LogP contribution is -2.02. The molecule has 0 atom stereocenters. The van der Waals surface area contributed by atoms with Crippen molar-refractivity contribution in [2.24, 2.45) is 0 Å². The Labute approximate surface area is 128 Å². The third-order valence-electron chi connectivity index (χ3n) is 2.55. The Kier molecular flexibility index (Phi) is 4.55. The van der Waals surface area contributed by atoms with E-state index in [1.54, 1.807) is 7.11 Å². The third kappa shape index (κ3) is 3.20. The normalized spacial score (nSPS) is 10.4. The number of rotatable bonds is 4. The first-order valence-corrected chi connectivity index (χ1v) is 7.29. The first-order valence-electron chi connectivity index (χ1n) is 5.42. The van der Waals surface area contributed by atoms with E-state index >= 15 is 0 Å². The average Bonchev–Trinajstić information content (AvgIpc) is 2.73. The van der Waals surface area contributed by atoms with Crippen LogP contribution >= 0.6 is 38.5 Å². The van der Waals surface area contributed by atoms with Crippen LogP contribution in [0.4, 0.5) is 5.69 Å². The fraction of sp³-hybridized carbons (Fsp3) is 0.231. The SMILES string of the molecule is COc1cc(Br)cc(C)c1NCc1ccc(I)o1. The van der Waals surface area contributed by atoms with E-state index in [2.05, 4.69) is 49.9 Å². The van der Waals surface area contributed by atoms with Gasteiger partial charge in [0, 0.05) is 4.47 Å². The van der Waals surface area contributed by atoms with Crippen molar-refractivity contribution >= 4 is 44.2 Å². The van der Waals surface area contributed by atoms with Crippen molar-refractivity contribution in [1.82, 2.24) is 0 Å². The molecule has 0 fully saturated rings. The summed E-state index contributed by atoms with van der Waals surface area (Å²) in [5.74, 6) is 1.73. The molecular formula is C13H13BrINO2. The van der Waals surface area contributed by atoms with Gasteiger partial charge in [-0.25, -0.2) is 0 Å². The van der Waals surface area contributed by atoms with Crippen LogP contribution in [0.15, 0.2) is 33.2 Å². The van der Waals surface area contributed by atoms with Crippen molar-refractivity contribution in [2.45, 2.75) is 13.5 Å². The van der Waals surface area contributed by atoms with Gasteiger partial charge in [-0.15, -0.1) is 0 Å². The van der Waals surface area contributed by atoms with Crippen LogP contribution in [0.3, 0.4) is 0 Å². The molecule has 96 valence electrons. The second kappa shape index (κ2) is 5.97. The van der Waals surface area contributed by atoms with Crippen LogP contribution in [0, 0.1) is 10.7 Å². The molecule has 18 heavy (non-hydrogen) atoms. The van der Waals surface area contributed by atoms with E-state index in [-0.39, 0.29) is 0 Å². The zero-order valence-corrected chi connectivity index (χ0v) is 13.8. The smallest absolute Gasteiger partial charge is 0.164 e. The zero-order chi connectivity index (χ0) is 13.1. The van der Waals surface area contributed by atoms with Crippen LogP contribution in [0.2, 0.25) is 0 Å². The number of hydrogen-bond donors (Lipinski definition) is 1. The van der Waals surface area contributed by atoms with Gasteiger partial charge in [-0.1, -0.05) is 15.9 Å². The number of hydrogen-bond acceptors (Lipinski definition) is 3. The lowest BCUT2D eigenvalue weighted by Gasteiger charge is -2.13. The quantitative estimate of drug-likeness (QED) is 0.734. The molecule has 0 saturated heterocycles. The van der Waals surface area contributed by atoms with Gasteiger partial charge in [0.05, 0.1) is 19.3 Å². The van der Waals surface area contributed by atoms with Crippen LogP contribution in [0.5, 0.6) is 5.75 Å². The highest BCUT2D eigenvalue weighted by atomic mass is 127. The Bertz CT molecular complexity index is 554. The fourth-order valence-corrected chi connectivity index (χ4v) is 2.74. The van der Waals surface area contributed by atoms with Gasteiger partial charge in [0.2, 0.25) is 0 Å². The van der Waals surface area contributed by atoms with Gasteiger partial charge >= 0.3 is 0 Å². The van der Waals surface area contributed by atoms with Crippen LogP contribution in [0.1, 0.15) is 11.3 Å². The fourth-order valence-electron chi connectivity index (χ4n) is 1.72. The van der Waals surface area contributed by atoms with Gasteiger partial charge in [-0.05, 0) is 59.3 Å². The second-order valence-electron chi connectivity index (χ2n) is 3.86. The van der Waals surface area contributed by atoms with E-state index < -0.39 is 0 Å². The predicted molar refractivity (Wildman–Crippen MR) is 84.2 cm³/mol. The summed E-state index contributed by atoms with van der Waals surface area (Å²) < 4.78 is 12.8. The number of methoxy groups -OCH3 is 1. The molecule has 0 bridgehead atoms. The Morgan fingerprint density at radius 1 is 1.39 bits per heavy atom. The Morgan fingerprint density at radius 3 is 2.78 bits per heavy atom. The number of furan rings is 1. The molecule has 0 aliphatic carbocycles. The largest absolute Gasteiger partial charge is 0.495 e. The number of nitrogens with one attached hydrogen (secondary N) is 1. The van der Waals surface area contributed by atoms with E-state index in [0.717, 1.165) is 31.0 Å². The molecule has 0 amide bonds. The van der Waals surface area contributed by atoms with Gasteiger partial charge in [-0.3, -0.25) is 0 Å². The lowest BCUT2D eigenvalue weighted by molar-refractivity contribution is 0.415. The molecule has 0 unspecified atom stereocenters. The summed E-state index contributed by atoms with van der Waals surface area (Å²) in [6.07, 6.45) is 0. The van der Waals surface area contributed by atoms with Crippen molar-refractivity contribution in [3.8, 4) is 5.75 Å². The van der Waals surface area contributed by atoms with Gasteiger partial charge in [0.15, 0.2) is 3.77 Å². The maximum Gasteiger partial charge on any atom is 0.164 e. The molecule has 5 heteroatoms. The van der Waals surface area contributed by atoms with Gasteiger partial charge in [-0.2, -0.15) is 0 Å². The van der Waals surface area contributed by atoms with E-state index in [4.69, 9.17) is 9.15 Å². The highest BCUT2D eigenvalue weighted by Gasteiger charge is 2.08. The van der Waals surface area contributed by atoms with E-state index in [0.29, 0.717) is 6.54 Å². The number of halogens is 2. The number of benzene rings is 1. The summed E-state index contributed by atoms with van der Waals surface area (Å²) in [6, 6.07) is 7.91. The topological polar surface area (TPSA) is 34.4 Å². The Balaban J connectivity index is 2.18. The molecule has 0 radical (unpaired) electrons. The maximum atomic E-state index is 5.52. The zero-order valence-electron chi connectivity index (χ0n) is 10.1. The summed E-state index contributed by atoms with van der Waals surface area (Å²) in [6.45, 7) is 2.68. The molecule has 0 aliphatic heterocycles. The molecule has 2 rings (SSSR count). The van der Waals surface area contributed by atoms with Crippen molar-refractivity contribution in [3.63, 3.8) is 0 Å². The Hall–Kier alpha value is -0.690.